The molecule has 142 valence electrons. The Labute approximate surface area is 148 Å². The summed E-state index contributed by atoms with van der Waals surface area (Å²) in [6.45, 7) is 1.97. The van der Waals surface area contributed by atoms with Gasteiger partial charge in [-0.05, 0) is 12.8 Å². The van der Waals surface area contributed by atoms with Crippen molar-refractivity contribution in [1.82, 2.24) is 24.2 Å². The smallest absolute Gasteiger partial charge is 0.330 e. The number of hydrogen-bond acceptors (Lipinski definition) is 3. The van der Waals surface area contributed by atoms with Crippen molar-refractivity contribution >= 4 is 11.8 Å². The molecule has 2 amide bonds. The van der Waals surface area contributed by atoms with Gasteiger partial charge in [0.05, 0.1) is 6.04 Å². The quantitative estimate of drug-likeness (QED) is 0.899. The molecule has 2 aromatic heterocycles. The summed E-state index contributed by atoms with van der Waals surface area (Å²) in [7, 11) is 0. The summed E-state index contributed by atoms with van der Waals surface area (Å²) >= 11 is 0. The first-order valence-electron chi connectivity index (χ1n) is 8.53. The summed E-state index contributed by atoms with van der Waals surface area (Å²) < 4.78 is 40.0. The monoisotopic (exact) mass is 370 g/mol. The number of aromatic nitrogens is 4. The number of aryl methyl sites for hydroxylation is 1. The van der Waals surface area contributed by atoms with Crippen molar-refractivity contribution < 1.29 is 18.0 Å². The lowest BCUT2D eigenvalue weighted by atomic mass is 10.1. The molecule has 2 aromatic rings. The van der Waals surface area contributed by atoms with Crippen LogP contribution in [0.25, 0.3) is 0 Å². The number of urea groups is 1. The van der Waals surface area contributed by atoms with Gasteiger partial charge in [0.1, 0.15) is 12.4 Å². The second-order valence-electron chi connectivity index (χ2n) is 6.29. The van der Waals surface area contributed by atoms with Crippen molar-refractivity contribution in [1.29, 1.82) is 0 Å². The minimum Gasteiger partial charge on any atom is -0.330 e. The molecule has 0 saturated carbocycles. The number of likely N-dealkylation sites (tertiary alicyclic amines) is 1. The van der Waals surface area contributed by atoms with Gasteiger partial charge in [0.25, 0.3) is 0 Å². The zero-order chi connectivity index (χ0) is 18.7. The highest BCUT2D eigenvalue weighted by Gasteiger charge is 2.29. The Kier molecular flexibility index (Phi) is 5.19. The average molecular weight is 370 g/mol. The van der Waals surface area contributed by atoms with Crippen molar-refractivity contribution in [2.75, 3.05) is 18.4 Å². The Bertz CT molecular complexity index is 753. The molecule has 26 heavy (non-hydrogen) atoms. The van der Waals surface area contributed by atoms with Gasteiger partial charge in [-0.1, -0.05) is 6.92 Å². The molecule has 1 unspecified atom stereocenters. The molecule has 3 rings (SSSR count). The highest BCUT2D eigenvalue weighted by atomic mass is 19.4. The summed E-state index contributed by atoms with van der Waals surface area (Å²) in [6, 6.07) is 1.15. The fraction of sp³-hybridized carbons (Fsp3) is 0.562. The Morgan fingerprint density at radius 1 is 1.38 bits per heavy atom. The standard InChI is InChI=1S/C16H21F3N6O/c1-2-14-20-6-9-25(14)12-4-3-7-23(10-12)15(26)21-13-5-8-24(22-13)11-16(17,18)19/h5-6,8-9,12H,2-4,7,10-11H2,1H3,(H,21,22,26). The molecule has 0 aliphatic carbocycles. The number of rotatable bonds is 4. The van der Waals surface area contributed by atoms with Crippen LogP contribution in [0.2, 0.25) is 0 Å². The number of imidazole rings is 1. The lowest BCUT2D eigenvalue weighted by Gasteiger charge is -2.33. The molecule has 1 fully saturated rings. The highest BCUT2D eigenvalue weighted by molar-refractivity contribution is 5.88. The number of carbonyl (C=O) groups is 1. The van der Waals surface area contributed by atoms with Gasteiger partial charge in [0, 0.05) is 44.2 Å². The molecule has 1 atom stereocenters. The first-order chi connectivity index (χ1) is 12.4. The second kappa shape index (κ2) is 7.38. The van der Waals surface area contributed by atoms with Gasteiger partial charge in [-0.25, -0.2) is 9.78 Å². The highest BCUT2D eigenvalue weighted by Crippen LogP contribution is 2.24. The Morgan fingerprint density at radius 2 is 2.19 bits per heavy atom. The Morgan fingerprint density at radius 3 is 2.92 bits per heavy atom. The summed E-state index contributed by atoms with van der Waals surface area (Å²) in [5, 5.41) is 6.32. The average Bonchev–Trinajstić information content (AvgIpc) is 3.22. The van der Waals surface area contributed by atoms with E-state index in [0.29, 0.717) is 13.1 Å². The fourth-order valence-corrected chi connectivity index (χ4v) is 3.21. The molecule has 1 aliphatic rings. The lowest BCUT2D eigenvalue weighted by molar-refractivity contribution is -0.142. The van der Waals surface area contributed by atoms with Gasteiger partial charge in [0.15, 0.2) is 5.82 Å². The van der Waals surface area contributed by atoms with Crippen molar-refractivity contribution in [2.24, 2.45) is 0 Å². The maximum absolute atomic E-state index is 12.5. The number of piperidine rings is 1. The van der Waals surface area contributed by atoms with Gasteiger partial charge in [-0.15, -0.1) is 0 Å². The van der Waals surface area contributed by atoms with E-state index in [1.165, 1.54) is 12.3 Å². The van der Waals surface area contributed by atoms with E-state index >= 15 is 0 Å². The SMILES string of the molecule is CCc1nccn1C1CCCN(C(=O)Nc2ccn(CC(F)(F)F)n2)C1. The van der Waals surface area contributed by atoms with Crippen molar-refractivity contribution in [3.63, 3.8) is 0 Å². The molecular weight excluding hydrogens is 349 g/mol. The van der Waals surface area contributed by atoms with Crippen molar-refractivity contribution in [3.8, 4) is 0 Å². The molecule has 1 N–H and O–H groups in total. The summed E-state index contributed by atoms with van der Waals surface area (Å²) in [6.07, 6.45) is 3.13. The minimum atomic E-state index is -4.35. The van der Waals surface area contributed by atoms with Gasteiger partial charge in [0.2, 0.25) is 0 Å². The number of anilines is 1. The largest absolute Gasteiger partial charge is 0.408 e. The minimum absolute atomic E-state index is 0.109. The van der Waals surface area contributed by atoms with E-state index in [1.54, 1.807) is 11.1 Å². The third kappa shape index (κ3) is 4.36. The lowest BCUT2D eigenvalue weighted by Crippen LogP contribution is -2.43. The Balaban J connectivity index is 1.61. The zero-order valence-electron chi connectivity index (χ0n) is 14.4. The first-order valence-corrected chi connectivity index (χ1v) is 8.53. The van der Waals surface area contributed by atoms with Crippen LogP contribution in [0, 0.1) is 0 Å². The van der Waals surface area contributed by atoms with E-state index in [-0.39, 0.29) is 17.9 Å². The van der Waals surface area contributed by atoms with Crippen LogP contribution >= 0.6 is 0 Å². The summed E-state index contributed by atoms with van der Waals surface area (Å²) in [5.74, 6) is 1.08. The first kappa shape index (κ1) is 18.3. The molecule has 0 aromatic carbocycles. The number of nitrogens with zero attached hydrogens (tertiary/aromatic N) is 5. The van der Waals surface area contributed by atoms with Crippen LogP contribution in [-0.4, -0.2) is 49.5 Å². The molecule has 1 aliphatic heterocycles. The van der Waals surface area contributed by atoms with Crippen molar-refractivity contribution in [2.45, 2.75) is 44.9 Å². The number of amides is 2. The number of alkyl halides is 3. The van der Waals surface area contributed by atoms with E-state index < -0.39 is 12.7 Å². The third-order valence-electron chi connectivity index (χ3n) is 4.36. The van der Waals surface area contributed by atoms with Crippen LogP contribution in [-0.2, 0) is 13.0 Å². The third-order valence-corrected chi connectivity index (χ3v) is 4.36. The number of halogens is 3. The van der Waals surface area contributed by atoms with E-state index in [2.05, 4.69) is 20.0 Å². The van der Waals surface area contributed by atoms with Crippen LogP contribution in [0.4, 0.5) is 23.8 Å². The van der Waals surface area contributed by atoms with Crippen LogP contribution < -0.4 is 5.32 Å². The van der Waals surface area contributed by atoms with Gasteiger partial charge >= 0.3 is 12.2 Å². The molecule has 1 saturated heterocycles. The van der Waals surface area contributed by atoms with Crippen LogP contribution in [0.15, 0.2) is 24.7 Å². The predicted octanol–water partition coefficient (Wildman–Crippen LogP) is 3.07. The number of hydrogen-bond donors (Lipinski definition) is 1. The van der Waals surface area contributed by atoms with E-state index in [0.717, 1.165) is 29.8 Å². The molecular formula is C16H21F3N6O. The zero-order valence-corrected chi connectivity index (χ0v) is 14.4. The van der Waals surface area contributed by atoms with Crippen molar-refractivity contribution in [3.05, 3.63) is 30.5 Å². The topological polar surface area (TPSA) is 68.0 Å². The maximum atomic E-state index is 12.5. The van der Waals surface area contributed by atoms with Gasteiger partial charge in [-0.3, -0.25) is 10.00 Å². The van der Waals surface area contributed by atoms with Gasteiger partial charge < -0.3 is 9.47 Å². The number of nitrogens with one attached hydrogen (secondary N) is 1. The molecule has 0 spiro atoms. The normalized spacial score (nSPS) is 18.2. The summed E-state index contributed by atoms with van der Waals surface area (Å²) in [4.78, 5) is 18.4. The molecule has 0 radical (unpaired) electrons. The van der Waals surface area contributed by atoms with Crippen LogP contribution in [0.5, 0.6) is 0 Å². The molecule has 10 heteroatoms. The molecule has 0 bridgehead atoms. The molecule has 3 heterocycles. The Hall–Kier alpha value is -2.52. The van der Waals surface area contributed by atoms with Gasteiger partial charge in [-0.2, -0.15) is 18.3 Å². The fourth-order valence-electron chi connectivity index (χ4n) is 3.21. The van der Waals surface area contributed by atoms with E-state index in [1.807, 2.05) is 13.1 Å². The predicted molar refractivity (Wildman–Crippen MR) is 88.7 cm³/mol. The van der Waals surface area contributed by atoms with E-state index in [9.17, 15) is 18.0 Å². The summed E-state index contributed by atoms with van der Waals surface area (Å²) in [5.41, 5.74) is 0. The van der Waals surface area contributed by atoms with E-state index in [4.69, 9.17) is 0 Å². The van der Waals surface area contributed by atoms with Crippen LogP contribution in [0.1, 0.15) is 31.6 Å². The maximum Gasteiger partial charge on any atom is 0.408 e. The van der Waals surface area contributed by atoms with Crippen LogP contribution in [0.3, 0.4) is 0 Å². The number of carbonyl (C=O) groups excluding carboxylic acids is 1. The second-order valence-corrected chi connectivity index (χ2v) is 6.29. The molecule has 7 nitrogen and oxygen atoms in total.